The van der Waals surface area contributed by atoms with Crippen molar-refractivity contribution >= 4 is 124 Å². The molecule has 12 aromatic carbocycles. The van der Waals surface area contributed by atoms with E-state index in [1.165, 1.54) is 44.2 Å². The minimum absolute atomic E-state index is 0. The number of aryl methyl sites for hydroxylation is 11. The summed E-state index contributed by atoms with van der Waals surface area (Å²) in [7, 11) is -13.9. The first-order chi connectivity index (χ1) is 60.3. The molecule has 0 amide bonds. The fraction of sp³-hybridized carbons (Fsp3) is 0.121. The van der Waals surface area contributed by atoms with Gasteiger partial charge in [-0.15, -0.1) is 72.0 Å². The number of hydrogen-bond acceptors (Lipinski definition) is 22. The van der Waals surface area contributed by atoms with E-state index >= 15 is 0 Å². The standard InChI is InChI=1S/C24H22N4O2.C23H20N4O2.C22H18N4O8S2.C22H18N4O5S.4Cu/c1-15-9-10-21(23(30)13-15)25-27-24(19-8-6-5-7-17(19)3)28-26-22-12-16(2)11-18(4)20(22)14-29;1-15-9-10-19(14-28)20(12-15)24-26-23(18-7-5-4-6-8-18)27-25-21-13-16(2)11-17(3)22(21)29;1-13-7-8-15(12-27)18(9-13)23-25-22(17-5-3-4-6-20(17)36(32,33)34)26-24-19-11-16(35(29,30)31)10-14(2)21(19)28;1-14-8-9-19(17(10-14)13-27)23-25-22(16-6-4-3-5-7-16)26-24-20-12-18(32(29,30)31)11-15(2)21(20)28;;;;/h5-13H,1-4H3,(H-,25,26,27,28,29,30);4-13H,1-3H3,(H-,24,25,26,27,28,29);3-11H,1-2H3,(H3-,23,24,25,26,27,28,29,30,31,32,33,34);3-12H,1-2H3,(H2-,23,24,25,26,27,28,29,30,31);;;;/q4*-2;4*+2. The minimum atomic E-state index is -4.75. The molecule has 0 aliphatic carbocycles. The summed E-state index contributed by atoms with van der Waals surface area (Å²) < 4.78 is 98.2. The van der Waals surface area contributed by atoms with Crippen LogP contribution in [0.25, 0.3) is 21.7 Å². The van der Waals surface area contributed by atoms with Crippen LogP contribution in [0.2, 0.25) is 0 Å². The van der Waals surface area contributed by atoms with Crippen molar-refractivity contribution in [3.8, 4) is 23.0 Å². The number of hydrogen-bond donors (Lipinski definition) is 7. The van der Waals surface area contributed by atoms with Gasteiger partial charge in [-0.3, -0.25) is 13.7 Å². The summed E-state index contributed by atoms with van der Waals surface area (Å²) in [5, 5.41) is 90.2. The molecule has 0 aliphatic rings. The third-order valence-corrected chi connectivity index (χ3v) is 20.5. The summed E-state index contributed by atoms with van der Waals surface area (Å²) >= 11 is 0. The molecular weight excluding hydrogens is 1940 g/mol. The SMILES string of the molecule is Cc1ccc(N=NC(=N[N-]c2cc(S(=O)(=O)O)cc(C)c2O)c2ccccc2)c([C-]=O)c1.Cc1ccc([C-]=O)c(N=NC(=N[N-]c2cc(C)cc(C)c2O)c2ccccc2)c1.Cc1ccc([C-]=O)c(N=NC(=N[N-]c2cc(S(=O)(=O)O)cc(C)c2O)c2ccccc2S(=O)(=O)O)c1.Cc1ccc([N-]N=C(N=Nc2cc(C)cc(C)c2[C-]=O)c2ccccc2C)c(O)c1.[Cu+2].[Cu+2].[Cu+2].[Cu+2]. The number of aromatic hydroxyl groups is 4. The quantitative estimate of drug-likeness (QED) is 0.00595. The van der Waals surface area contributed by atoms with Crippen LogP contribution in [0.5, 0.6) is 23.0 Å². The third kappa shape index (κ3) is 30.9. The van der Waals surface area contributed by atoms with E-state index in [-0.39, 0.29) is 148 Å². The van der Waals surface area contributed by atoms with Crippen LogP contribution in [0.15, 0.2) is 307 Å². The van der Waals surface area contributed by atoms with Crippen LogP contribution in [-0.4, -0.2) is 108 Å². The number of rotatable bonds is 23. The minimum Gasteiger partial charge on any atom is -0.571 e. The Bertz CT molecular complexity index is 6810. The van der Waals surface area contributed by atoms with E-state index in [1.54, 1.807) is 111 Å². The Morgan fingerprint density at radius 1 is 0.290 bits per heavy atom. The van der Waals surface area contributed by atoms with Crippen LogP contribution in [-0.2, 0) is 118 Å². The molecule has 0 saturated carbocycles. The number of carbonyl (C=O) groups excluding carboxylic acids is 4. The number of phenols is 4. The number of nitrogens with zero attached hydrogens (tertiary/aromatic N) is 16. The average molecular weight is 2020 g/mol. The summed E-state index contributed by atoms with van der Waals surface area (Å²) in [6.45, 7) is 19.6. The van der Waals surface area contributed by atoms with Crippen LogP contribution in [0.4, 0.5) is 45.5 Å². The smallest absolute Gasteiger partial charge is 0.571 e. The van der Waals surface area contributed by atoms with Crippen LogP contribution >= 0.6 is 0 Å². The summed E-state index contributed by atoms with van der Waals surface area (Å²) in [6.07, 6.45) is 7.31. The van der Waals surface area contributed by atoms with Gasteiger partial charge in [-0.25, -0.2) is 20.5 Å². The molecule has 4 radical (unpaired) electrons. The topological polar surface area (TPSA) is 517 Å². The van der Waals surface area contributed by atoms with Gasteiger partial charge in [0, 0.05) is 22.3 Å². The zero-order valence-corrected chi connectivity index (χ0v) is 77.0. The van der Waals surface area contributed by atoms with Crippen LogP contribution in [0.1, 0.15) is 106 Å². The molecule has 7 N–H and O–H groups in total. The van der Waals surface area contributed by atoms with E-state index in [2.05, 4.69) is 83.0 Å². The van der Waals surface area contributed by atoms with Crippen molar-refractivity contribution in [2.75, 3.05) is 0 Å². The monoisotopic (exact) mass is 2010 g/mol. The molecule has 686 valence electrons. The fourth-order valence-corrected chi connectivity index (χ4v) is 13.3. The van der Waals surface area contributed by atoms with Gasteiger partial charge >= 0.3 is 68.3 Å². The second-order valence-electron chi connectivity index (χ2n) is 28.0. The summed E-state index contributed by atoms with van der Waals surface area (Å²) in [5.41, 5.74) is 28.1. The molecule has 0 saturated heterocycles. The van der Waals surface area contributed by atoms with Gasteiger partial charge in [-0.05, 0) is 143 Å². The maximum absolute atomic E-state index is 11.9. The first-order valence-corrected chi connectivity index (χ1v) is 41.9. The Balaban J connectivity index is 0.000000307. The van der Waals surface area contributed by atoms with E-state index in [0.717, 1.165) is 80.4 Å². The Morgan fingerprint density at radius 2 is 0.649 bits per heavy atom. The Kier molecular flexibility index (Phi) is 41.2. The molecule has 0 bridgehead atoms. The molecule has 131 heavy (non-hydrogen) atoms. The number of benzene rings is 12. The van der Waals surface area contributed by atoms with Crippen LogP contribution in [0.3, 0.4) is 0 Å². The molecule has 0 atom stereocenters. The van der Waals surface area contributed by atoms with E-state index < -0.39 is 62.3 Å². The Hall–Kier alpha value is -13.4. The van der Waals surface area contributed by atoms with Gasteiger partial charge in [-0.2, -0.15) is 43.5 Å². The predicted octanol–water partition coefficient (Wildman–Crippen LogP) is 21.1. The summed E-state index contributed by atoms with van der Waals surface area (Å²) in [4.78, 5) is 43.4. The summed E-state index contributed by atoms with van der Waals surface area (Å²) in [6, 6.07) is 61.8. The largest absolute Gasteiger partial charge is 2.00 e. The predicted molar refractivity (Wildman–Crippen MR) is 481 cm³/mol. The second kappa shape index (κ2) is 50.0. The molecule has 12 aromatic rings. The van der Waals surface area contributed by atoms with Gasteiger partial charge in [0.1, 0.15) is 27.9 Å². The molecular formula is C91H78Cu4N16O17S3. The number of phenolic OH excluding ortho intramolecular Hbond substituents is 4. The Morgan fingerprint density at radius 3 is 1.11 bits per heavy atom. The first-order valence-electron chi connectivity index (χ1n) is 37.6. The number of amidine groups is 4. The molecule has 12 rings (SSSR count). The van der Waals surface area contributed by atoms with E-state index in [1.807, 2.05) is 146 Å². The van der Waals surface area contributed by atoms with Gasteiger partial charge in [0.25, 0.3) is 30.4 Å². The molecule has 33 nitrogen and oxygen atoms in total. The molecule has 0 fully saturated rings. The van der Waals surface area contributed by atoms with Crippen molar-refractivity contribution in [2.24, 2.45) is 61.3 Å². The average Bonchev–Trinajstić information content (AvgIpc) is 0.808. The third-order valence-electron chi connectivity index (χ3n) is 17.9. The Labute approximate surface area is 798 Å². The molecule has 0 unspecified atom stereocenters. The van der Waals surface area contributed by atoms with Crippen molar-refractivity contribution < 1.29 is 147 Å². The molecule has 0 aliphatic heterocycles. The van der Waals surface area contributed by atoms with Crippen LogP contribution in [0, 0.1) is 76.2 Å². The van der Waals surface area contributed by atoms with Gasteiger partial charge in [0.2, 0.25) is 0 Å². The van der Waals surface area contributed by atoms with Crippen molar-refractivity contribution in [3.05, 3.63) is 358 Å². The van der Waals surface area contributed by atoms with Crippen molar-refractivity contribution in [1.82, 2.24) is 0 Å². The first kappa shape index (κ1) is 108. The molecule has 0 aromatic heterocycles. The van der Waals surface area contributed by atoms with E-state index in [9.17, 15) is 78.5 Å². The molecule has 0 heterocycles. The maximum atomic E-state index is 11.9. The normalized spacial score (nSPS) is 11.7. The van der Waals surface area contributed by atoms with Gasteiger partial charge in [-0.1, -0.05) is 223 Å². The molecule has 0 spiro atoms. The zero-order valence-electron chi connectivity index (χ0n) is 70.7. The van der Waals surface area contributed by atoms with Gasteiger partial charge in [0.05, 0.1) is 34.9 Å². The van der Waals surface area contributed by atoms with Crippen molar-refractivity contribution in [2.45, 2.75) is 90.8 Å². The summed E-state index contributed by atoms with van der Waals surface area (Å²) in [5.74, 6) is -0.587. The van der Waals surface area contributed by atoms with Gasteiger partial charge in [0.15, 0.2) is 23.3 Å². The maximum Gasteiger partial charge on any atom is 2.00 e. The number of azo groups is 4. The zero-order chi connectivity index (χ0) is 92.5. The fourth-order valence-electron chi connectivity index (χ4n) is 11.4. The van der Waals surface area contributed by atoms with E-state index in [0.29, 0.717) is 50.6 Å². The van der Waals surface area contributed by atoms with Crippen molar-refractivity contribution in [3.63, 3.8) is 0 Å². The van der Waals surface area contributed by atoms with Crippen molar-refractivity contribution in [1.29, 1.82) is 0 Å². The van der Waals surface area contributed by atoms with E-state index in [4.69, 9.17) is 0 Å². The molecule has 40 heteroatoms. The van der Waals surface area contributed by atoms with Crippen LogP contribution < -0.4 is 0 Å². The second-order valence-corrected chi connectivity index (χ2v) is 32.2. The van der Waals surface area contributed by atoms with Gasteiger partial charge < -0.3 is 81.7 Å².